The average molecular weight is 217 g/mol. The minimum absolute atomic E-state index is 0.635. The van der Waals surface area contributed by atoms with Crippen LogP contribution >= 0.6 is 0 Å². The number of hydrogen-bond donors (Lipinski definition) is 1. The number of aromatic nitrogens is 1. The van der Waals surface area contributed by atoms with Gasteiger partial charge in [-0.05, 0) is 49.1 Å². The Morgan fingerprint density at radius 3 is 2.62 bits per heavy atom. The zero-order chi connectivity index (χ0) is 11.2. The summed E-state index contributed by atoms with van der Waals surface area (Å²) in [4.78, 5) is 15.5. The SMILES string of the molecule is O=C(O)C1(c2cccnc2)CC(C2CC2)C1. The van der Waals surface area contributed by atoms with Crippen molar-refractivity contribution in [2.24, 2.45) is 11.8 Å². The minimum atomic E-state index is -0.683. The Hall–Kier alpha value is -1.38. The standard InChI is InChI=1S/C13H15NO2/c15-12(16)13(11-2-1-5-14-8-11)6-10(7-13)9-3-4-9/h1-2,5,8-10H,3-4,6-7H2,(H,15,16). The van der Waals surface area contributed by atoms with E-state index in [1.54, 1.807) is 12.4 Å². The zero-order valence-electron chi connectivity index (χ0n) is 9.10. The molecule has 2 aliphatic carbocycles. The van der Waals surface area contributed by atoms with Crippen molar-refractivity contribution in [3.8, 4) is 0 Å². The number of hydrogen-bond acceptors (Lipinski definition) is 2. The molecule has 2 fully saturated rings. The number of carboxylic acids is 1. The Labute approximate surface area is 94.5 Å². The van der Waals surface area contributed by atoms with Crippen LogP contribution in [0.25, 0.3) is 0 Å². The zero-order valence-corrected chi connectivity index (χ0v) is 9.10. The number of nitrogens with zero attached hydrogens (tertiary/aromatic N) is 1. The highest BCUT2D eigenvalue weighted by atomic mass is 16.4. The fraction of sp³-hybridized carbons (Fsp3) is 0.538. The highest BCUT2D eigenvalue weighted by Crippen LogP contribution is 2.56. The molecule has 16 heavy (non-hydrogen) atoms. The van der Waals surface area contributed by atoms with E-state index in [1.807, 2.05) is 12.1 Å². The molecule has 3 nitrogen and oxygen atoms in total. The van der Waals surface area contributed by atoms with Gasteiger partial charge in [0.15, 0.2) is 0 Å². The lowest BCUT2D eigenvalue weighted by Crippen LogP contribution is -2.48. The Bertz CT molecular complexity index is 405. The van der Waals surface area contributed by atoms with E-state index in [9.17, 15) is 9.90 Å². The van der Waals surface area contributed by atoms with Crippen LogP contribution in [0.2, 0.25) is 0 Å². The van der Waals surface area contributed by atoms with Crippen molar-refractivity contribution in [1.29, 1.82) is 0 Å². The first-order valence-electron chi connectivity index (χ1n) is 5.86. The van der Waals surface area contributed by atoms with Gasteiger partial charge in [0, 0.05) is 12.4 Å². The summed E-state index contributed by atoms with van der Waals surface area (Å²) < 4.78 is 0. The molecule has 0 saturated heterocycles. The maximum absolute atomic E-state index is 11.5. The van der Waals surface area contributed by atoms with Crippen molar-refractivity contribution in [1.82, 2.24) is 4.98 Å². The molecule has 84 valence electrons. The molecule has 1 aromatic rings. The second-order valence-corrected chi connectivity index (χ2v) is 5.13. The molecule has 3 rings (SSSR count). The number of rotatable bonds is 3. The fourth-order valence-electron chi connectivity index (χ4n) is 2.92. The third-order valence-electron chi connectivity index (χ3n) is 4.13. The van der Waals surface area contributed by atoms with Crippen LogP contribution in [0.4, 0.5) is 0 Å². The van der Waals surface area contributed by atoms with E-state index in [-0.39, 0.29) is 0 Å². The van der Waals surface area contributed by atoms with Crippen LogP contribution in [0.1, 0.15) is 31.2 Å². The van der Waals surface area contributed by atoms with Crippen LogP contribution in [-0.2, 0) is 10.2 Å². The molecule has 0 unspecified atom stereocenters. The molecule has 1 heterocycles. The van der Waals surface area contributed by atoms with Gasteiger partial charge >= 0.3 is 5.97 Å². The van der Waals surface area contributed by atoms with Crippen molar-refractivity contribution in [3.63, 3.8) is 0 Å². The van der Waals surface area contributed by atoms with Crippen molar-refractivity contribution in [2.75, 3.05) is 0 Å². The normalized spacial score (nSPS) is 33.1. The van der Waals surface area contributed by atoms with E-state index >= 15 is 0 Å². The van der Waals surface area contributed by atoms with E-state index in [4.69, 9.17) is 0 Å². The van der Waals surface area contributed by atoms with Crippen LogP contribution in [0.5, 0.6) is 0 Å². The Morgan fingerprint density at radius 1 is 1.38 bits per heavy atom. The lowest BCUT2D eigenvalue weighted by atomic mass is 9.57. The monoisotopic (exact) mass is 217 g/mol. The van der Waals surface area contributed by atoms with E-state index in [0.717, 1.165) is 24.3 Å². The van der Waals surface area contributed by atoms with Crippen LogP contribution in [0.15, 0.2) is 24.5 Å². The molecule has 1 aromatic heterocycles. The van der Waals surface area contributed by atoms with Crippen LogP contribution < -0.4 is 0 Å². The molecule has 0 amide bonds. The van der Waals surface area contributed by atoms with Gasteiger partial charge in [-0.25, -0.2) is 0 Å². The van der Waals surface area contributed by atoms with Gasteiger partial charge in [-0.1, -0.05) is 6.07 Å². The molecule has 0 aliphatic heterocycles. The number of carbonyl (C=O) groups is 1. The van der Waals surface area contributed by atoms with Crippen molar-refractivity contribution < 1.29 is 9.90 Å². The summed E-state index contributed by atoms with van der Waals surface area (Å²) in [5.74, 6) is 0.762. The highest BCUT2D eigenvalue weighted by molar-refractivity contribution is 5.82. The summed E-state index contributed by atoms with van der Waals surface area (Å²) in [5, 5.41) is 9.43. The van der Waals surface area contributed by atoms with E-state index in [0.29, 0.717) is 5.92 Å². The summed E-state index contributed by atoms with van der Waals surface area (Å²) in [7, 11) is 0. The minimum Gasteiger partial charge on any atom is -0.481 e. The van der Waals surface area contributed by atoms with Gasteiger partial charge in [0.05, 0.1) is 5.41 Å². The molecule has 0 atom stereocenters. The quantitative estimate of drug-likeness (QED) is 0.844. The summed E-state index contributed by atoms with van der Waals surface area (Å²) in [5.41, 5.74) is 0.237. The Morgan fingerprint density at radius 2 is 2.12 bits per heavy atom. The predicted molar refractivity (Wildman–Crippen MR) is 59.0 cm³/mol. The van der Waals surface area contributed by atoms with Crippen molar-refractivity contribution in [2.45, 2.75) is 31.1 Å². The Balaban J connectivity index is 1.85. The molecule has 0 bridgehead atoms. The van der Waals surface area contributed by atoms with Crippen LogP contribution in [0, 0.1) is 11.8 Å². The molecular formula is C13H15NO2. The summed E-state index contributed by atoms with van der Waals surface area (Å²) in [6, 6.07) is 3.72. The molecule has 2 aliphatic rings. The van der Waals surface area contributed by atoms with Gasteiger partial charge < -0.3 is 5.11 Å². The molecule has 0 spiro atoms. The third-order valence-corrected chi connectivity index (χ3v) is 4.13. The van der Waals surface area contributed by atoms with Crippen LogP contribution in [0.3, 0.4) is 0 Å². The lowest BCUT2D eigenvalue weighted by Gasteiger charge is -2.45. The Kier molecular flexibility index (Phi) is 2.03. The summed E-state index contributed by atoms with van der Waals surface area (Å²) in [6.07, 6.45) is 7.60. The number of aliphatic carboxylic acids is 1. The van der Waals surface area contributed by atoms with Gasteiger partial charge in [-0.2, -0.15) is 0 Å². The molecule has 0 aromatic carbocycles. The second kappa shape index (κ2) is 3.30. The van der Waals surface area contributed by atoms with Gasteiger partial charge in [0.2, 0.25) is 0 Å². The smallest absolute Gasteiger partial charge is 0.314 e. The van der Waals surface area contributed by atoms with Gasteiger partial charge in [0.25, 0.3) is 0 Å². The van der Waals surface area contributed by atoms with E-state index in [2.05, 4.69) is 4.98 Å². The average Bonchev–Trinajstić information content (AvgIpc) is 3.01. The van der Waals surface area contributed by atoms with E-state index < -0.39 is 11.4 Å². The summed E-state index contributed by atoms with van der Waals surface area (Å²) in [6.45, 7) is 0. The fourth-order valence-corrected chi connectivity index (χ4v) is 2.92. The lowest BCUT2D eigenvalue weighted by molar-refractivity contribution is -0.150. The summed E-state index contributed by atoms with van der Waals surface area (Å²) >= 11 is 0. The van der Waals surface area contributed by atoms with Crippen molar-refractivity contribution >= 4 is 5.97 Å². The largest absolute Gasteiger partial charge is 0.481 e. The molecular weight excluding hydrogens is 202 g/mol. The maximum atomic E-state index is 11.5. The first-order valence-corrected chi connectivity index (χ1v) is 5.86. The molecule has 3 heteroatoms. The van der Waals surface area contributed by atoms with Crippen LogP contribution in [-0.4, -0.2) is 16.1 Å². The maximum Gasteiger partial charge on any atom is 0.314 e. The van der Waals surface area contributed by atoms with Gasteiger partial charge in [-0.3, -0.25) is 9.78 Å². The second-order valence-electron chi connectivity index (χ2n) is 5.13. The van der Waals surface area contributed by atoms with E-state index in [1.165, 1.54) is 12.8 Å². The highest BCUT2D eigenvalue weighted by Gasteiger charge is 2.55. The molecule has 0 radical (unpaired) electrons. The predicted octanol–water partition coefficient (Wildman–Crippen LogP) is 2.22. The first-order chi connectivity index (χ1) is 7.72. The molecule has 1 N–H and O–H groups in total. The van der Waals surface area contributed by atoms with Gasteiger partial charge in [0.1, 0.15) is 0 Å². The topological polar surface area (TPSA) is 50.2 Å². The van der Waals surface area contributed by atoms with Crippen molar-refractivity contribution in [3.05, 3.63) is 30.1 Å². The van der Waals surface area contributed by atoms with Gasteiger partial charge in [-0.15, -0.1) is 0 Å². The molecule has 2 saturated carbocycles. The first kappa shape index (κ1) is 9.82. The third kappa shape index (κ3) is 1.34. The number of carboxylic acid groups (broad SMARTS) is 1. The number of pyridine rings is 1.